The van der Waals surface area contributed by atoms with E-state index in [1.54, 1.807) is 0 Å². The third-order valence-corrected chi connectivity index (χ3v) is 1.61. The molecule has 80 valence electrons. The third-order valence-electron chi connectivity index (χ3n) is 1.61. The zero-order valence-electron chi connectivity index (χ0n) is 8.06. The van der Waals surface area contributed by atoms with Crippen molar-refractivity contribution in [3.63, 3.8) is 0 Å². The standard InChI is InChI=1S/C10H10O5/c1-6(11)5-15-10(14)8-3-2-7(12)4-9(8)13/h2-4,12-13H,5H2,1H3. The van der Waals surface area contributed by atoms with E-state index in [1.165, 1.54) is 19.1 Å². The Morgan fingerprint density at radius 1 is 1.33 bits per heavy atom. The Morgan fingerprint density at radius 3 is 2.53 bits per heavy atom. The number of carbonyl (C=O) groups is 2. The molecule has 0 saturated heterocycles. The van der Waals surface area contributed by atoms with Gasteiger partial charge in [-0.1, -0.05) is 0 Å². The topological polar surface area (TPSA) is 83.8 Å². The van der Waals surface area contributed by atoms with E-state index in [1.807, 2.05) is 0 Å². The summed E-state index contributed by atoms with van der Waals surface area (Å²) in [5.74, 6) is -1.64. The minimum atomic E-state index is -0.803. The fraction of sp³-hybridized carbons (Fsp3) is 0.200. The molecule has 0 aliphatic carbocycles. The average molecular weight is 210 g/mol. The first kappa shape index (κ1) is 11.0. The number of hydrogen-bond acceptors (Lipinski definition) is 5. The van der Waals surface area contributed by atoms with Gasteiger partial charge < -0.3 is 14.9 Å². The van der Waals surface area contributed by atoms with Gasteiger partial charge in [0.15, 0.2) is 5.78 Å². The predicted molar refractivity (Wildman–Crippen MR) is 50.7 cm³/mol. The lowest BCUT2D eigenvalue weighted by Crippen LogP contribution is -2.11. The van der Waals surface area contributed by atoms with Crippen LogP contribution in [-0.4, -0.2) is 28.6 Å². The number of Topliss-reactive ketones (excluding diaryl/α,β-unsaturated/α-hetero) is 1. The van der Waals surface area contributed by atoms with Crippen molar-refractivity contribution in [2.24, 2.45) is 0 Å². The highest BCUT2D eigenvalue weighted by Crippen LogP contribution is 2.22. The van der Waals surface area contributed by atoms with E-state index in [9.17, 15) is 14.7 Å². The highest BCUT2D eigenvalue weighted by atomic mass is 16.5. The Balaban J connectivity index is 2.78. The molecule has 15 heavy (non-hydrogen) atoms. The lowest BCUT2D eigenvalue weighted by atomic mass is 10.2. The fourth-order valence-corrected chi connectivity index (χ4v) is 0.938. The Morgan fingerprint density at radius 2 is 2.00 bits per heavy atom. The van der Waals surface area contributed by atoms with E-state index in [4.69, 9.17) is 5.11 Å². The Labute approximate surface area is 85.9 Å². The summed E-state index contributed by atoms with van der Waals surface area (Å²) in [5, 5.41) is 18.3. The number of hydrogen-bond donors (Lipinski definition) is 2. The number of benzene rings is 1. The molecule has 0 unspecified atom stereocenters. The van der Waals surface area contributed by atoms with Crippen LogP contribution in [-0.2, 0) is 9.53 Å². The van der Waals surface area contributed by atoms with Crippen molar-refractivity contribution in [3.8, 4) is 11.5 Å². The second-order valence-electron chi connectivity index (χ2n) is 2.98. The Bertz CT molecular complexity index is 397. The van der Waals surface area contributed by atoms with Gasteiger partial charge in [0.1, 0.15) is 23.7 Å². The van der Waals surface area contributed by atoms with E-state index in [-0.39, 0.29) is 29.5 Å². The summed E-state index contributed by atoms with van der Waals surface area (Å²) < 4.78 is 4.58. The molecule has 2 N–H and O–H groups in total. The molecule has 0 spiro atoms. The molecule has 1 aromatic rings. The highest BCUT2D eigenvalue weighted by Gasteiger charge is 2.13. The molecule has 1 rings (SSSR count). The van der Waals surface area contributed by atoms with Crippen LogP contribution in [0.2, 0.25) is 0 Å². The zero-order valence-corrected chi connectivity index (χ0v) is 8.06. The number of carbonyl (C=O) groups excluding carboxylic acids is 2. The number of rotatable bonds is 3. The van der Waals surface area contributed by atoms with E-state index in [0.717, 1.165) is 6.07 Å². The monoisotopic (exact) mass is 210 g/mol. The van der Waals surface area contributed by atoms with E-state index in [2.05, 4.69) is 4.74 Å². The molecule has 0 aromatic heterocycles. The number of ether oxygens (including phenoxy) is 1. The van der Waals surface area contributed by atoms with Crippen LogP contribution in [0.5, 0.6) is 11.5 Å². The number of phenols is 2. The van der Waals surface area contributed by atoms with Crippen LogP contribution in [0.15, 0.2) is 18.2 Å². The van der Waals surface area contributed by atoms with Crippen LogP contribution in [0, 0.1) is 0 Å². The minimum Gasteiger partial charge on any atom is -0.508 e. The van der Waals surface area contributed by atoms with Crippen molar-refractivity contribution < 1.29 is 24.5 Å². The molecular weight excluding hydrogens is 200 g/mol. The molecule has 0 aliphatic heterocycles. The van der Waals surface area contributed by atoms with Crippen LogP contribution < -0.4 is 0 Å². The average Bonchev–Trinajstić information content (AvgIpc) is 2.14. The van der Waals surface area contributed by atoms with Gasteiger partial charge in [0.2, 0.25) is 0 Å². The first-order valence-corrected chi connectivity index (χ1v) is 4.19. The van der Waals surface area contributed by atoms with Gasteiger partial charge in [-0.2, -0.15) is 0 Å². The maximum Gasteiger partial charge on any atom is 0.342 e. The van der Waals surface area contributed by atoms with Crippen molar-refractivity contribution in [1.29, 1.82) is 0 Å². The number of phenolic OH excluding ortho intramolecular Hbond substituents is 2. The molecule has 1 aromatic carbocycles. The SMILES string of the molecule is CC(=O)COC(=O)c1ccc(O)cc1O. The van der Waals surface area contributed by atoms with Crippen molar-refractivity contribution in [1.82, 2.24) is 0 Å². The van der Waals surface area contributed by atoms with Gasteiger partial charge in [0.25, 0.3) is 0 Å². The van der Waals surface area contributed by atoms with Crippen molar-refractivity contribution >= 4 is 11.8 Å². The summed E-state index contributed by atoms with van der Waals surface area (Å²) >= 11 is 0. The van der Waals surface area contributed by atoms with Gasteiger partial charge in [-0.25, -0.2) is 4.79 Å². The van der Waals surface area contributed by atoms with Gasteiger partial charge in [0.05, 0.1) is 0 Å². The van der Waals surface area contributed by atoms with Crippen LogP contribution in [0.25, 0.3) is 0 Å². The third kappa shape index (κ3) is 2.98. The van der Waals surface area contributed by atoms with Crippen LogP contribution >= 0.6 is 0 Å². The van der Waals surface area contributed by atoms with Crippen LogP contribution in [0.3, 0.4) is 0 Å². The van der Waals surface area contributed by atoms with Gasteiger partial charge in [0, 0.05) is 6.07 Å². The van der Waals surface area contributed by atoms with E-state index in [0.29, 0.717) is 0 Å². The summed E-state index contributed by atoms with van der Waals surface area (Å²) in [6.45, 7) is 0.948. The van der Waals surface area contributed by atoms with Gasteiger partial charge >= 0.3 is 5.97 Å². The lowest BCUT2D eigenvalue weighted by Gasteiger charge is -2.04. The summed E-state index contributed by atoms with van der Waals surface area (Å²) in [5.41, 5.74) is -0.0888. The van der Waals surface area contributed by atoms with E-state index >= 15 is 0 Å². The number of ketones is 1. The molecular formula is C10H10O5. The van der Waals surface area contributed by atoms with E-state index < -0.39 is 5.97 Å². The number of aromatic hydroxyl groups is 2. The second-order valence-corrected chi connectivity index (χ2v) is 2.98. The quantitative estimate of drug-likeness (QED) is 0.722. The predicted octanol–water partition coefficient (Wildman–Crippen LogP) is 0.844. The molecule has 0 aliphatic rings. The summed E-state index contributed by atoms with van der Waals surface area (Å²) in [4.78, 5) is 21.8. The fourth-order valence-electron chi connectivity index (χ4n) is 0.938. The summed E-state index contributed by atoms with van der Waals surface area (Å²) in [6.07, 6.45) is 0. The minimum absolute atomic E-state index is 0.0888. The second kappa shape index (κ2) is 4.45. The molecule has 0 radical (unpaired) electrons. The van der Waals surface area contributed by atoms with Crippen LogP contribution in [0.4, 0.5) is 0 Å². The largest absolute Gasteiger partial charge is 0.508 e. The van der Waals surface area contributed by atoms with Gasteiger partial charge in [-0.15, -0.1) is 0 Å². The molecule has 0 atom stereocenters. The van der Waals surface area contributed by atoms with Crippen molar-refractivity contribution in [2.75, 3.05) is 6.61 Å². The Hall–Kier alpha value is -2.04. The summed E-state index contributed by atoms with van der Waals surface area (Å²) in [6, 6.07) is 3.47. The first-order valence-electron chi connectivity index (χ1n) is 4.19. The molecule has 0 bridgehead atoms. The molecule has 0 amide bonds. The zero-order chi connectivity index (χ0) is 11.4. The molecule has 0 heterocycles. The van der Waals surface area contributed by atoms with Crippen LogP contribution in [0.1, 0.15) is 17.3 Å². The lowest BCUT2D eigenvalue weighted by molar-refractivity contribution is -0.120. The van der Waals surface area contributed by atoms with Gasteiger partial charge in [-0.3, -0.25) is 4.79 Å². The van der Waals surface area contributed by atoms with Gasteiger partial charge in [-0.05, 0) is 19.1 Å². The molecule has 0 fully saturated rings. The summed E-state index contributed by atoms with van der Waals surface area (Å²) in [7, 11) is 0. The maximum atomic E-state index is 11.3. The normalized spacial score (nSPS) is 9.67. The number of esters is 1. The smallest absolute Gasteiger partial charge is 0.342 e. The Kier molecular flexibility index (Phi) is 3.28. The molecule has 5 heteroatoms. The molecule has 0 saturated carbocycles. The van der Waals surface area contributed by atoms with Crippen molar-refractivity contribution in [2.45, 2.75) is 6.92 Å². The maximum absolute atomic E-state index is 11.3. The van der Waals surface area contributed by atoms with Crippen molar-refractivity contribution in [3.05, 3.63) is 23.8 Å². The first-order chi connectivity index (χ1) is 7.00. The highest BCUT2D eigenvalue weighted by molar-refractivity contribution is 5.94. The molecule has 5 nitrogen and oxygen atoms in total.